The average molecular weight is 274 g/mol. The molecular formula is C16H18O4. The average Bonchev–Trinajstić information content (AvgIpc) is 2.85. The van der Waals surface area contributed by atoms with E-state index in [1.165, 1.54) is 18.7 Å². The monoisotopic (exact) mass is 274 g/mol. The number of rotatable bonds is 6. The summed E-state index contributed by atoms with van der Waals surface area (Å²) in [6.45, 7) is 1.38. The highest BCUT2D eigenvalue weighted by molar-refractivity contribution is 5.76. The molecule has 0 aromatic heterocycles. The molecule has 4 heteroatoms. The predicted octanol–water partition coefficient (Wildman–Crippen LogP) is 2.77. The SMILES string of the molecule is CC(=O)OC(CCCc1ccccc1)C1=COC(=O)C1. The molecule has 1 aliphatic heterocycles. The summed E-state index contributed by atoms with van der Waals surface area (Å²) in [7, 11) is 0. The van der Waals surface area contributed by atoms with Crippen molar-refractivity contribution < 1.29 is 19.1 Å². The van der Waals surface area contributed by atoms with Crippen molar-refractivity contribution in [2.45, 2.75) is 38.7 Å². The zero-order chi connectivity index (χ0) is 14.4. The van der Waals surface area contributed by atoms with Gasteiger partial charge in [-0.15, -0.1) is 0 Å². The molecule has 0 bridgehead atoms. The number of carbonyl (C=O) groups is 2. The van der Waals surface area contributed by atoms with E-state index in [0.717, 1.165) is 18.4 Å². The van der Waals surface area contributed by atoms with Crippen LogP contribution < -0.4 is 0 Å². The van der Waals surface area contributed by atoms with Crippen molar-refractivity contribution in [3.05, 3.63) is 47.7 Å². The first kappa shape index (κ1) is 14.3. The molecule has 1 aromatic rings. The third-order valence-electron chi connectivity index (χ3n) is 3.19. The van der Waals surface area contributed by atoms with Crippen LogP contribution in [0.1, 0.15) is 31.7 Å². The quantitative estimate of drug-likeness (QED) is 0.748. The van der Waals surface area contributed by atoms with Gasteiger partial charge < -0.3 is 9.47 Å². The Balaban J connectivity index is 1.88. The Morgan fingerprint density at radius 3 is 2.70 bits per heavy atom. The van der Waals surface area contributed by atoms with Crippen LogP contribution in [0.4, 0.5) is 0 Å². The highest BCUT2D eigenvalue weighted by atomic mass is 16.6. The van der Waals surface area contributed by atoms with E-state index >= 15 is 0 Å². The lowest BCUT2D eigenvalue weighted by Gasteiger charge is -2.16. The third-order valence-corrected chi connectivity index (χ3v) is 3.19. The molecule has 0 spiro atoms. The van der Waals surface area contributed by atoms with Crippen LogP contribution in [0.2, 0.25) is 0 Å². The van der Waals surface area contributed by atoms with Crippen molar-refractivity contribution in [3.8, 4) is 0 Å². The van der Waals surface area contributed by atoms with Crippen LogP contribution in [0.3, 0.4) is 0 Å². The van der Waals surface area contributed by atoms with E-state index in [2.05, 4.69) is 12.1 Å². The van der Waals surface area contributed by atoms with Gasteiger partial charge in [0.1, 0.15) is 6.10 Å². The van der Waals surface area contributed by atoms with Crippen molar-refractivity contribution in [1.82, 2.24) is 0 Å². The Labute approximate surface area is 118 Å². The second kappa shape index (κ2) is 6.89. The molecule has 2 rings (SSSR count). The molecule has 0 amide bonds. The number of benzene rings is 1. The summed E-state index contributed by atoms with van der Waals surface area (Å²) in [6, 6.07) is 10.1. The number of aryl methyl sites for hydroxylation is 1. The highest BCUT2D eigenvalue weighted by Crippen LogP contribution is 2.23. The number of carbonyl (C=O) groups excluding carboxylic acids is 2. The lowest BCUT2D eigenvalue weighted by atomic mass is 10.0. The number of hydrogen-bond acceptors (Lipinski definition) is 4. The van der Waals surface area contributed by atoms with Gasteiger partial charge in [-0.1, -0.05) is 30.3 Å². The highest BCUT2D eigenvalue weighted by Gasteiger charge is 2.25. The van der Waals surface area contributed by atoms with E-state index in [1.54, 1.807) is 0 Å². The molecule has 0 aliphatic carbocycles. The van der Waals surface area contributed by atoms with E-state index < -0.39 is 0 Å². The number of ether oxygens (including phenoxy) is 2. The zero-order valence-electron chi connectivity index (χ0n) is 11.5. The normalized spacial score (nSPS) is 15.4. The molecule has 0 fully saturated rings. The first-order valence-corrected chi connectivity index (χ1v) is 6.74. The van der Waals surface area contributed by atoms with Gasteiger partial charge in [-0.25, -0.2) is 0 Å². The maximum Gasteiger partial charge on any atom is 0.314 e. The lowest BCUT2D eigenvalue weighted by molar-refractivity contribution is -0.145. The summed E-state index contributed by atoms with van der Waals surface area (Å²) in [5.74, 6) is -0.629. The maximum atomic E-state index is 11.2. The van der Waals surface area contributed by atoms with Gasteiger partial charge in [0.2, 0.25) is 0 Å². The van der Waals surface area contributed by atoms with Gasteiger partial charge in [0, 0.05) is 12.5 Å². The van der Waals surface area contributed by atoms with E-state index in [-0.39, 0.29) is 24.5 Å². The number of hydrogen-bond donors (Lipinski definition) is 0. The van der Waals surface area contributed by atoms with Crippen molar-refractivity contribution >= 4 is 11.9 Å². The summed E-state index contributed by atoms with van der Waals surface area (Å²) < 4.78 is 10.1. The van der Waals surface area contributed by atoms with Crippen molar-refractivity contribution in [2.75, 3.05) is 0 Å². The largest absolute Gasteiger partial charge is 0.458 e. The second-order valence-electron chi connectivity index (χ2n) is 4.84. The molecule has 1 aliphatic rings. The fourth-order valence-corrected chi connectivity index (χ4v) is 2.24. The fraction of sp³-hybridized carbons (Fsp3) is 0.375. The molecule has 0 N–H and O–H groups in total. The van der Waals surface area contributed by atoms with Gasteiger partial charge >= 0.3 is 11.9 Å². The molecule has 0 saturated carbocycles. The Morgan fingerprint density at radius 1 is 1.35 bits per heavy atom. The molecule has 1 atom stereocenters. The Kier molecular flexibility index (Phi) is 4.93. The minimum atomic E-state index is -0.359. The number of esters is 2. The Morgan fingerprint density at radius 2 is 2.10 bits per heavy atom. The van der Waals surface area contributed by atoms with Gasteiger partial charge in [0.15, 0.2) is 0 Å². The van der Waals surface area contributed by atoms with E-state index in [9.17, 15) is 9.59 Å². The Hall–Kier alpha value is -2.10. The van der Waals surface area contributed by atoms with Crippen molar-refractivity contribution in [2.24, 2.45) is 0 Å². The summed E-state index contributed by atoms with van der Waals surface area (Å²) in [5, 5.41) is 0. The van der Waals surface area contributed by atoms with E-state index in [4.69, 9.17) is 9.47 Å². The maximum absolute atomic E-state index is 11.2. The molecular weight excluding hydrogens is 256 g/mol. The summed E-state index contributed by atoms with van der Waals surface area (Å²) in [5.41, 5.74) is 2.00. The van der Waals surface area contributed by atoms with Crippen LogP contribution in [0.5, 0.6) is 0 Å². The minimum Gasteiger partial charge on any atom is -0.458 e. The third kappa shape index (κ3) is 4.23. The van der Waals surface area contributed by atoms with Gasteiger partial charge in [-0.3, -0.25) is 9.59 Å². The standard InChI is InChI=1S/C16H18O4/c1-12(17)20-15(14-10-16(18)19-11-14)9-5-8-13-6-3-2-4-7-13/h2-4,6-7,11,15H,5,8-10H2,1H3. The molecule has 1 heterocycles. The first-order valence-electron chi connectivity index (χ1n) is 6.74. The van der Waals surface area contributed by atoms with Gasteiger partial charge in [-0.2, -0.15) is 0 Å². The molecule has 106 valence electrons. The first-order chi connectivity index (χ1) is 9.65. The molecule has 1 aromatic carbocycles. The summed E-state index contributed by atoms with van der Waals surface area (Å²) in [4.78, 5) is 22.3. The molecule has 0 radical (unpaired) electrons. The number of cyclic esters (lactones) is 1. The molecule has 1 unspecified atom stereocenters. The van der Waals surface area contributed by atoms with Crippen LogP contribution in [-0.4, -0.2) is 18.0 Å². The van der Waals surface area contributed by atoms with Crippen molar-refractivity contribution in [3.63, 3.8) is 0 Å². The van der Waals surface area contributed by atoms with Gasteiger partial charge in [0.05, 0.1) is 12.7 Å². The minimum absolute atomic E-state index is 0.212. The summed E-state index contributed by atoms with van der Waals surface area (Å²) in [6.07, 6.45) is 3.76. The molecule has 0 saturated heterocycles. The predicted molar refractivity (Wildman–Crippen MR) is 73.7 cm³/mol. The second-order valence-corrected chi connectivity index (χ2v) is 4.84. The lowest BCUT2D eigenvalue weighted by Crippen LogP contribution is -2.19. The summed E-state index contributed by atoms with van der Waals surface area (Å²) >= 11 is 0. The van der Waals surface area contributed by atoms with E-state index in [1.807, 2.05) is 18.2 Å². The topological polar surface area (TPSA) is 52.6 Å². The van der Waals surface area contributed by atoms with E-state index in [0.29, 0.717) is 6.42 Å². The van der Waals surface area contributed by atoms with Crippen LogP contribution in [-0.2, 0) is 25.5 Å². The van der Waals surface area contributed by atoms with Gasteiger partial charge in [0.25, 0.3) is 0 Å². The van der Waals surface area contributed by atoms with Crippen LogP contribution >= 0.6 is 0 Å². The molecule has 20 heavy (non-hydrogen) atoms. The Bertz CT molecular complexity index is 504. The smallest absolute Gasteiger partial charge is 0.314 e. The fourth-order valence-electron chi connectivity index (χ4n) is 2.24. The van der Waals surface area contributed by atoms with Crippen LogP contribution in [0.25, 0.3) is 0 Å². The van der Waals surface area contributed by atoms with Crippen LogP contribution in [0.15, 0.2) is 42.2 Å². The van der Waals surface area contributed by atoms with Crippen LogP contribution in [0, 0.1) is 0 Å². The van der Waals surface area contributed by atoms with Crippen molar-refractivity contribution in [1.29, 1.82) is 0 Å². The molecule has 4 nitrogen and oxygen atoms in total. The zero-order valence-corrected chi connectivity index (χ0v) is 11.5. The van der Waals surface area contributed by atoms with Gasteiger partial charge in [-0.05, 0) is 24.8 Å².